The van der Waals surface area contributed by atoms with Gasteiger partial charge in [0.1, 0.15) is 0 Å². The van der Waals surface area contributed by atoms with Gasteiger partial charge < -0.3 is 10.2 Å². The molecule has 0 saturated carbocycles. The topological polar surface area (TPSA) is 40.5 Å². The minimum absolute atomic E-state index is 0.593. The summed E-state index contributed by atoms with van der Waals surface area (Å²) < 4.78 is 22.4. The van der Waals surface area contributed by atoms with Crippen molar-refractivity contribution in [3.63, 3.8) is 0 Å². The minimum atomic E-state index is -2.53. The summed E-state index contributed by atoms with van der Waals surface area (Å²) in [6.45, 7) is -0.593. The normalized spacial score (nSPS) is 14.6. The van der Waals surface area contributed by atoms with Crippen LogP contribution in [-0.2, 0) is 0 Å². The van der Waals surface area contributed by atoms with E-state index in [1.54, 1.807) is 0 Å². The van der Waals surface area contributed by atoms with Crippen LogP contribution in [0.5, 0.6) is 0 Å². The Hall–Kier alpha value is -0.220. The van der Waals surface area contributed by atoms with E-state index in [2.05, 4.69) is 0 Å². The lowest BCUT2D eigenvalue weighted by Gasteiger charge is -2.03. The second-order valence-electron chi connectivity index (χ2n) is 1.46. The summed E-state index contributed by atoms with van der Waals surface area (Å²) in [5.41, 5.74) is 0. The van der Waals surface area contributed by atoms with E-state index in [-0.39, 0.29) is 0 Å². The number of hydrogen-bond donors (Lipinski definition) is 2. The first-order valence-electron chi connectivity index (χ1n) is 2.24. The molecule has 0 unspecified atom stereocenters. The molecule has 4 heteroatoms. The first-order chi connectivity index (χ1) is 3.66. The van der Waals surface area contributed by atoms with E-state index >= 15 is 0 Å². The Balaban J connectivity index is 3.10. The zero-order valence-electron chi connectivity index (χ0n) is 4.22. The SMILES string of the molecule is OC[C@@H](O)CC(F)F. The second kappa shape index (κ2) is 3.74. The zero-order chi connectivity index (χ0) is 6.57. The molecule has 0 aromatic rings. The van der Waals surface area contributed by atoms with E-state index in [0.29, 0.717) is 0 Å². The van der Waals surface area contributed by atoms with E-state index in [1.807, 2.05) is 0 Å². The number of hydrogen-bond acceptors (Lipinski definition) is 2. The Morgan fingerprint density at radius 3 is 2.00 bits per heavy atom. The summed E-state index contributed by atoms with van der Waals surface area (Å²) in [6, 6.07) is 0. The number of rotatable bonds is 3. The summed E-state index contributed by atoms with van der Waals surface area (Å²) in [5.74, 6) is 0. The van der Waals surface area contributed by atoms with Crippen molar-refractivity contribution in [1.82, 2.24) is 0 Å². The third-order valence-corrected chi connectivity index (χ3v) is 0.661. The molecule has 0 aromatic heterocycles. The highest BCUT2D eigenvalue weighted by molar-refractivity contribution is 4.52. The van der Waals surface area contributed by atoms with Crippen LogP contribution in [0.2, 0.25) is 0 Å². The summed E-state index contributed by atoms with van der Waals surface area (Å²) >= 11 is 0. The van der Waals surface area contributed by atoms with Gasteiger partial charge in [-0.1, -0.05) is 0 Å². The molecule has 8 heavy (non-hydrogen) atoms. The standard InChI is InChI=1S/C4H8F2O2/c5-4(6)1-3(8)2-7/h3-4,7-8H,1-2H2/t3-/m0/s1. The van der Waals surface area contributed by atoms with Gasteiger partial charge in [-0.15, -0.1) is 0 Å². The molecule has 0 aliphatic carbocycles. The number of aliphatic hydroxyl groups is 2. The molecule has 0 aromatic carbocycles. The van der Waals surface area contributed by atoms with E-state index in [9.17, 15) is 8.78 Å². The van der Waals surface area contributed by atoms with Crippen LogP contribution in [0.25, 0.3) is 0 Å². The van der Waals surface area contributed by atoms with Gasteiger partial charge in [-0.25, -0.2) is 8.78 Å². The predicted molar refractivity (Wildman–Crippen MR) is 23.7 cm³/mol. The van der Waals surface area contributed by atoms with Crippen LogP contribution in [0.15, 0.2) is 0 Å². The van der Waals surface area contributed by atoms with Crippen molar-refractivity contribution in [3.8, 4) is 0 Å². The Morgan fingerprint density at radius 2 is 1.88 bits per heavy atom. The molecule has 2 nitrogen and oxygen atoms in total. The molecular weight excluding hydrogens is 118 g/mol. The van der Waals surface area contributed by atoms with Crippen LogP contribution in [0, 0.1) is 0 Å². The van der Waals surface area contributed by atoms with Gasteiger partial charge in [-0.05, 0) is 0 Å². The van der Waals surface area contributed by atoms with Gasteiger partial charge in [0.05, 0.1) is 12.7 Å². The van der Waals surface area contributed by atoms with Crippen molar-refractivity contribution in [3.05, 3.63) is 0 Å². The summed E-state index contributed by atoms with van der Waals surface area (Å²) in [6.07, 6.45) is -4.44. The molecule has 0 heterocycles. The molecule has 50 valence electrons. The lowest BCUT2D eigenvalue weighted by atomic mass is 10.3. The average Bonchev–Trinajstić information content (AvgIpc) is 1.65. The summed E-state index contributed by atoms with van der Waals surface area (Å²) in [7, 11) is 0. The van der Waals surface area contributed by atoms with Gasteiger partial charge in [0.2, 0.25) is 6.43 Å². The summed E-state index contributed by atoms with van der Waals surface area (Å²) in [5, 5.41) is 16.3. The molecule has 1 atom stereocenters. The molecular formula is C4H8F2O2. The van der Waals surface area contributed by atoms with Crippen LogP contribution in [0.1, 0.15) is 6.42 Å². The van der Waals surface area contributed by atoms with E-state index in [4.69, 9.17) is 10.2 Å². The van der Waals surface area contributed by atoms with Crippen molar-refractivity contribution in [2.45, 2.75) is 19.0 Å². The van der Waals surface area contributed by atoms with Gasteiger partial charge in [-0.3, -0.25) is 0 Å². The van der Waals surface area contributed by atoms with Gasteiger partial charge in [0.15, 0.2) is 0 Å². The van der Waals surface area contributed by atoms with Crippen LogP contribution >= 0.6 is 0 Å². The van der Waals surface area contributed by atoms with Gasteiger partial charge in [0.25, 0.3) is 0 Å². The van der Waals surface area contributed by atoms with Crippen molar-refractivity contribution >= 4 is 0 Å². The highest BCUT2D eigenvalue weighted by Crippen LogP contribution is 2.01. The maximum Gasteiger partial charge on any atom is 0.241 e. The molecule has 2 N–H and O–H groups in total. The van der Waals surface area contributed by atoms with Gasteiger partial charge in [-0.2, -0.15) is 0 Å². The van der Waals surface area contributed by atoms with Gasteiger partial charge >= 0.3 is 0 Å². The summed E-state index contributed by atoms with van der Waals surface area (Å²) in [4.78, 5) is 0. The van der Waals surface area contributed by atoms with Crippen molar-refractivity contribution in [2.75, 3.05) is 6.61 Å². The highest BCUT2D eigenvalue weighted by Gasteiger charge is 2.09. The molecule has 0 fully saturated rings. The smallest absolute Gasteiger partial charge is 0.241 e. The lowest BCUT2D eigenvalue weighted by Crippen LogP contribution is -2.15. The zero-order valence-corrected chi connectivity index (χ0v) is 4.22. The maximum atomic E-state index is 11.2. The molecule has 0 saturated heterocycles. The fourth-order valence-electron chi connectivity index (χ4n) is 0.280. The fraction of sp³-hybridized carbons (Fsp3) is 1.00. The molecule has 0 aliphatic heterocycles. The predicted octanol–water partition coefficient (Wildman–Crippen LogP) is -0.00520. The van der Waals surface area contributed by atoms with E-state index in [1.165, 1.54) is 0 Å². The molecule has 0 aliphatic rings. The monoisotopic (exact) mass is 126 g/mol. The largest absolute Gasteiger partial charge is 0.394 e. The maximum absolute atomic E-state index is 11.2. The average molecular weight is 126 g/mol. The number of halogens is 2. The Bertz CT molecular complexity index is 58.0. The van der Waals surface area contributed by atoms with Crippen LogP contribution in [0.3, 0.4) is 0 Å². The Kier molecular flexibility index (Phi) is 3.64. The lowest BCUT2D eigenvalue weighted by molar-refractivity contribution is 0.0285. The van der Waals surface area contributed by atoms with Gasteiger partial charge in [0, 0.05) is 6.42 Å². The molecule has 0 bridgehead atoms. The molecule has 0 amide bonds. The molecule has 0 rings (SSSR count). The van der Waals surface area contributed by atoms with Crippen LogP contribution in [-0.4, -0.2) is 29.3 Å². The van der Waals surface area contributed by atoms with Crippen LogP contribution in [0.4, 0.5) is 8.78 Å². The highest BCUT2D eigenvalue weighted by atomic mass is 19.3. The number of alkyl halides is 2. The molecule has 0 radical (unpaired) electrons. The first kappa shape index (κ1) is 7.78. The van der Waals surface area contributed by atoms with Crippen molar-refractivity contribution < 1.29 is 19.0 Å². The quantitative estimate of drug-likeness (QED) is 0.558. The van der Waals surface area contributed by atoms with Crippen molar-refractivity contribution in [1.29, 1.82) is 0 Å². The van der Waals surface area contributed by atoms with Crippen molar-refractivity contribution in [2.24, 2.45) is 0 Å². The minimum Gasteiger partial charge on any atom is -0.394 e. The van der Waals surface area contributed by atoms with Crippen LogP contribution < -0.4 is 0 Å². The van der Waals surface area contributed by atoms with E-state index < -0.39 is 25.6 Å². The van der Waals surface area contributed by atoms with E-state index in [0.717, 1.165) is 0 Å². The second-order valence-corrected chi connectivity index (χ2v) is 1.46. The third-order valence-electron chi connectivity index (χ3n) is 0.661. The molecule has 0 spiro atoms. The third kappa shape index (κ3) is 3.95. The Labute approximate surface area is 45.8 Å². The number of aliphatic hydroxyl groups excluding tert-OH is 2. The fourth-order valence-corrected chi connectivity index (χ4v) is 0.280. The first-order valence-corrected chi connectivity index (χ1v) is 2.24. The Morgan fingerprint density at radius 1 is 1.38 bits per heavy atom.